The number of alkyl halides is 14. The molecule has 0 heterocycles. The number of carbonyl (C=O) groups is 1. The maximum Gasteiger partial charge on any atom is 0.473 e. The molecule has 0 aliphatic rings. The van der Waals surface area contributed by atoms with Crippen LogP contribution in [0.4, 0.5) is 61.5 Å². The summed E-state index contributed by atoms with van der Waals surface area (Å²) in [4.78, 5) is 10.3. The van der Waals surface area contributed by atoms with Crippen molar-refractivity contribution in [1.29, 1.82) is 0 Å². The van der Waals surface area contributed by atoms with Crippen LogP contribution in [0.3, 0.4) is 0 Å². The minimum atomic E-state index is -8.16. The minimum Gasteiger partial charge on any atom is -0.393 e. The molecule has 0 aliphatic heterocycles. The Labute approximate surface area is 133 Å². The van der Waals surface area contributed by atoms with Crippen molar-refractivity contribution in [2.45, 2.75) is 42.1 Å². The molecule has 0 atom stereocenters. The summed E-state index contributed by atoms with van der Waals surface area (Å²) in [5.41, 5.74) is 0. The van der Waals surface area contributed by atoms with E-state index in [0.29, 0.717) is 0 Å². The normalized spacial score (nSPS) is 15.2. The number of halogens is 14. The van der Waals surface area contributed by atoms with Gasteiger partial charge in [-0.25, -0.2) is 13.6 Å². The summed E-state index contributed by atoms with van der Waals surface area (Å²) in [7, 11) is 0. The lowest BCUT2D eigenvalue weighted by Gasteiger charge is -2.40. The zero-order valence-electron chi connectivity index (χ0n) is 11.5. The third kappa shape index (κ3) is 3.17. The quantitative estimate of drug-likeness (QED) is 0.321. The predicted octanol–water partition coefficient (Wildman–Crippen LogP) is 4.75. The third-order valence-electron chi connectivity index (χ3n) is 2.64. The Morgan fingerprint density at radius 1 is 0.731 bits per heavy atom. The smallest absolute Gasteiger partial charge is 0.393 e. The highest BCUT2D eigenvalue weighted by Gasteiger charge is 2.92. The van der Waals surface area contributed by atoms with Gasteiger partial charge in [-0.15, -0.1) is 0 Å². The van der Waals surface area contributed by atoms with Gasteiger partial charge in [0.1, 0.15) is 0 Å². The molecule has 2 nitrogen and oxygen atoms in total. The Hall–Kier alpha value is -1.77. The van der Waals surface area contributed by atoms with E-state index in [1.165, 1.54) is 0 Å². The van der Waals surface area contributed by atoms with Crippen LogP contribution < -0.4 is 0 Å². The Balaban J connectivity index is 6.35. The molecule has 0 bridgehead atoms. The zero-order valence-corrected chi connectivity index (χ0v) is 11.5. The van der Waals surface area contributed by atoms with Gasteiger partial charge in [-0.2, -0.15) is 52.7 Å². The van der Waals surface area contributed by atoms with Crippen molar-refractivity contribution in [1.82, 2.24) is 0 Å². The Bertz CT molecular complexity index is 552. The fourth-order valence-electron chi connectivity index (χ4n) is 1.16. The van der Waals surface area contributed by atoms with E-state index in [-0.39, 0.29) is 6.08 Å². The molecule has 0 aromatic rings. The fraction of sp³-hybridized carbons (Fsp3) is 0.700. The van der Waals surface area contributed by atoms with Crippen LogP contribution in [0.5, 0.6) is 0 Å². The van der Waals surface area contributed by atoms with Crippen molar-refractivity contribution in [2.75, 3.05) is 0 Å². The van der Waals surface area contributed by atoms with Crippen molar-refractivity contribution in [2.24, 2.45) is 0 Å². The molecule has 154 valence electrons. The summed E-state index contributed by atoms with van der Waals surface area (Å²) >= 11 is 0. The SMILES string of the molecule is C=CC(=O)OC(F)(F)C(F)(F)C(F)(F)C(F)(F)C(F)(F)C(F)(F)C(F)F. The van der Waals surface area contributed by atoms with Crippen molar-refractivity contribution >= 4 is 5.97 Å². The first kappa shape index (κ1) is 24.2. The third-order valence-corrected chi connectivity index (χ3v) is 2.64. The van der Waals surface area contributed by atoms with E-state index < -0.39 is 48.1 Å². The summed E-state index contributed by atoms with van der Waals surface area (Å²) < 4.78 is 180. The Morgan fingerprint density at radius 2 is 1.08 bits per heavy atom. The minimum absolute atomic E-state index is 0.361. The molecule has 0 aromatic carbocycles. The molecule has 26 heavy (non-hydrogen) atoms. The van der Waals surface area contributed by atoms with Gasteiger partial charge >= 0.3 is 48.1 Å². The first-order chi connectivity index (χ1) is 11.1. The average Bonchev–Trinajstić information content (AvgIpc) is 2.45. The van der Waals surface area contributed by atoms with Crippen LogP contribution in [0.2, 0.25) is 0 Å². The van der Waals surface area contributed by atoms with Crippen LogP contribution in [0.25, 0.3) is 0 Å². The molecule has 0 aromatic heterocycles. The van der Waals surface area contributed by atoms with E-state index in [9.17, 15) is 66.3 Å². The Morgan fingerprint density at radius 3 is 1.38 bits per heavy atom. The topological polar surface area (TPSA) is 26.3 Å². The highest BCUT2D eigenvalue weighted by molar-refractivity contribution is 5.81. The van der Waals surface area contributed by atoms with Crippen LogP contribution in [0.1, 0.15) is 0 Å². The molecule has 0 rings (SSSR count). The van der Waals surface area contributed by atoms with Crippen molar-refractivity contribution < 1.29 is 71.0 Å². The van der Waals surface area contributed by atoms with Gasteiger partial charge in [0.25, 0.3) is 0 Å². The van der Waals surface area contributed by atoms with Crippen LogP contribution in [0.15, 0.2) is 12.7 Å². The van der Waals surface area contributed by atoms with Gasteiger partial charge in [0, 0.05) is 6.08 Å². The molecule has 0 fully saturated rings. The summed E-state index contributed by atoms with van der Waals surface area (Å²) in [6.07, 6.45) is -13.1. The molecule has 0 unspecified atom stereocenters. The van der Waals surface area contributed by atoms with Crippen LogP contribution in [-0.4, -0.2) is 48.1 Å². The number of hydrogen-bond acceptors (Lipinski definition) is 2. The van der Waals surface area contributed by atoms with Crippen LogP contribution >= 0.6 is 0 Å². The van der Waals surface area contributed by atoms with Gasteiger partial charge in [-0.1, -0.05) is 6.58 Å². The lowest BCUT2D eigenvalue weighted by atomic mass is 9.94. The highest BCUT2D eigenvalue weighted by atomic mass is 19.4. The highest BCUT2D eigenvalue weighted by Crippen LogP contribution is 2.60. The number of ether oxygens (including phenoxy) is 1. The van der Waals surface area contributed by atoms with Crippen molar-refractivity contribution in [3.8, 4) is 0 Å². The van der Waals surface area contributed by atoms with E-state index >= 15 is 0 Å². The number of carbonyl (C=O) groups excluding carboxylic acids is 1. The molecule has 0 spiro atoms. The number of rotatable bonds is 8. The van der Waals surface area contributed by atoms with Gasteiger partial charge in [0.2, 0.25) is 0 Å². The molecule has 0 aliphatic carbocycles. The summed E-state index contributed by atoms with van der Waals surface area (Å²) in [5.74, 6) is -41.9. The molecule has 0 saturated heterocycles. The van der Waals surface area contributed by atoms with Crippen LogP contribution in [-0.2, 0) is 9.53 Å². The molecular weight excluding hydrogens is 418 g/mol. The molecule has 0 saturated carbocycles. The first-order valence-electron chi connectivity index (χ1n) is 5.55. The van der Waals surface area contributed by atoms with E-state index in [0.717, 1.165) is 0 Å². The Kier molecular flexibility index (Phi) is 6.00. The first-order valence-corrected chi connectivity index (χ1v) is 5.55. The van der Waals surface area contributed by atoms with Crippen molar-refractivity contribution in [3.05, 3.63) is 12.7 Å². The second-order valence-electron chi connectivity index (χ2n) is 4.36. The van der Waals surface area contributed by atoms with E-state index in [1.54, 1.807) is 0 Å². The maximum atomic E-state index is 13.1. The van der Waals surface area contributed by atoms with Gasteiger partial charge in [-0.3, -0.25) is 0 Å². The molecule has 16 heteroatoms. The second kappa shape index (κ2) is 6.44. The van der Waals surface area contributed by atoms with Gasteiger partial charge in [0.05, 0.1) is 0 Å². The van der Waals surface area contributed by atoms with Gasteiger partial charge in [-0.05, 0) is 0 Å². The van der Waals surface area contributed by atoms with E-state index in [4.69, 9.17) is 0 Å². The summed E-state index contributed by atoms with van der Waals surface area (Å²) in [6, 6.07) is 0. The van der Waals surface area contributed by atoms with E-state index in [1.807, 2.05) is 0 Å². The predicted molar refractivity (Wildman–Crippen MR) is 52.0 cm³/mol. The maximum absolute atomic E-state index is 13.1. The zero-order chi connectivity index (χ0) is 21.6. The lowest BCUT2D eigenvalue weighted by molar-refractivity contribution is -0.455. The molecule has 0 N–H and O–H groups in total. The molecule has 0 radical (unpaired) electrons. The van der Waals surface area contributed by atoms with Crippen molar-refractivity contribution in [3.63, 3.8) is 0 Å². The van der Waals surface area contributed by atoms with Gasteiger partial charge in [0.15, 0.2) is 0 Å². The average molecular weight is 422 g/mol. The fourth-order valence-corrected chi connectivity index (χ4v) is 1.16. The van der Waals surface area contributed by atoms with E-state index in [2.05, 4.69) is 11.3 Å². The lowest BCUT2D eigenvalue weighted by Crippen LogP contribution is -2.72. The molecular formula is C10H4F14O2. The largest absolute Gasteiger partial charge is 0.473 e. The summed E-state index contributed by atoms with van der Waals surface area (Å²) in [6.45, 7) is 2.34. The second-order valence-corrected chi connectivity index (χ2v) is 4.36. The number of hydrogen-bond donors (Lipinski definition) is 0. The van der Waals surface area contributed by atoms with Crippen LogP contribution in [0, 0.1) is 0 Å². The van der Waals surface area contributed by atoms with Gasteiger partial charge < -0.3 is 4.74 Å². The summed E-state index contributed by atoms with van der Waals surface area (Å²) in [5, 5.41) is 0. The standard InChI is InChI=1S/C10H4F14O2/c1-2-3(25)26-10(23,24)9(21,22)8(19,20)7(17,18)6(15,16)5(13,14)4(11)12/h2,4H,1H2. The monoisotopic (exact) mass is 422 g/mol. The molecule has 0 amide bonds. The number of esters is 1.